The fourth-order valence-electron chi connectivity index (χ4n) is 1.53. The van der Waals surface area contributed by atoms with E-state index in [2.05, 4.69) is 4.98 Å². The maximum absolute atomic E-state index is 6.10. The van der Waals surface area contributed by atoms with Crippen molar-refractivity contribution in [2.75, 3.05) is 5.73 Å². The Morgan fingerprint density at radius 2 is 1.73 bits per heavy atom. The van der Waals surface area contributed by atoms with Crippen molar-refractivity contribution < 1.29 is 0 Å². The van der Waals surface area contributed by atoms with Crippen LogP contribution in [0.15, 0.2) is 48.7 Å². The lowest BCUT2D eigenvalue weighted by molar-refractivity contribution is 0.868. The van der Waals surface area contributed by atoms with Crippen molar-refractivity contribution in [2.24, 2.45) is 5.73 Å². The van der Waals surface area contributed by atoms with Crippen molar-refractivity contribution in [3.63, 3.8) is 0 Å². The minimum Gasteiger partial charge on any atom is -0.383 e. The topological polar surface area (TPSA) is 64.9 Å². The number of nitrogens with two attached hydrogens (primary N) is 2. The van der Waals surface area contributed by atoms with Gasteiger partial charge in [-0.05, 0) is 11.6 Å². The van der Waals surface area contributed by atoms with Crippen LogP contribution in [0.1, 0.15) is 17.2 Å². The number of pyridine rings is 1. The first-order valence-electron chi connectivity index (χ1n) is 4.80. The fraction of sp³-hybridized carbons (Fsp3) is 0.0833. The van der Waals surface area contributed by atoms with Gasteiger partial charge in [0.25, 0.3) is 0 Å². The van der Waals surface area contributed by atoms with Crippen LogP contribution in [0.5, 0.6) is 0 Å². The van der Waals surface area contributed by atoms with Crippen molar-refractivity contribution >= 4 is 5.82 Å². The molecule has 76 valence electrons. The Bertz CT molecular complexity index is 440. The zero-order valence-electron chi connectivity index (χ0n) is 8.30. The molecule has 4 N–H and O–H groups in total. The van der Waals surface area contributed by atoms with E-state index in [4.69, 9.17) is 11.5 Å². The third-order valence-corrected chi connectivity index (χ3v) is 2.36. The molecule has 2 aromatic rings. The quantitative estimate of drug-likeness (QED) is 0.773. The van der Waals surface area contributed by atoms with Crippen LogP contribution in [0.2, 0.25) is 0 Å². The molecule has 1 aromatic heterocycles. The summed E-state index contributed by atoms with van der Waals surface area (Å²) in [4.78, 5) is 4.02. The second-order valence-electron chi connectivity index (χ2n) is 3.37. The Morgan fingerprint density at radius 3 is 2.40 bits per heavy atom. The molecule has 1 atom stereocenters. The van der Waals surface area contributed by atoms with Crippen LogP contribution in [0.3, 0.4) is 0 Å². The molecule has 0 amide bonds. The van der Waals surface area contributed by atoms with E-state index in [0.717, 1.165) is 11.1 Å². The molecule has 0 saturated carbocycles. The summed E-state index contributed by atoms with van der Waals surface area (Å²) in [6.45, 7) is 0. The van der Waals surface area contributed by atoms with Crippen LogP contribution in [0, 0.1) is 0 Å². The van der Waals surface area contributed by atoms with Gasteiger partial charge < -0.3 is 11.5 Å². The highest BCUT2D eigenvalue weighted by molar-refractivity contribution is 5.45. The lowest BCUT2D eigenvalue weighted by atomic mass is 10.0. The molecule has 2 rings (SSSR count). The molecule has 0 fully saturated rings. The van der Waals surface area contributed by atoms with Crippen LogP contribution in [-0.4, -0.2) is 4.98 Å². The summed E-state index contributed by atoms with van der Waals surface area (Å²) in [5.74, 6) is 0.494. The number of hydrogen-bond donors (Lipinski definition) is 2. The summed E-state index contributed by atoms with van der Waals surface area (Å²) in [5, 5.41) is 0. The molecule has 3 nitrogen and oxygen atoms in total. The molecular weight excluding hydrogens is 186 g/mol. The van der Waals surface area contributed by atoms with Crippen molar-refractivity contribution in [3.05, 3.63) is 59.8 Å². The number of benzene rings is 1. The zero-order valence-corrected chi connectivity index (χ0v) is 8.30. The van der Waals surface area contributed by atoms with Crippen LogP contribution in [-0.2, 0) is 0 Å². The summed E-state index contributed by atoms with van der Waals surface area (Å²) in [6, 6.07) is 13.4. The number of nitrogen functional groups attached to an aromatic ring is 1. The van der Waals surface area contributed by atoms with E-state index in [1.54, 1.807) is 6.20 Å². The maximum atomic E-state index is 6.10. The molecule has 1 heterocycles. The largest absolute Gasteiger partial charge is 0.383 e. The number of hydrogen-bond acceptors (Lipinski definition) is 3. The van der Waals surface area contributed by atoms with E-state index in [-0.39, 0.29) is 6.04 Å². The third-order valence-electron chi connectivity index (χ3n) is 2.36. The Kier molecular flexibility index (Phi) is 2.65. The van der Waals surface area contributed by atoms with E-state index in [9.17, 15) is 0 Å². The van der Waals surface area contributed by atoms with Gasteiger partial charge in [0.1, 0.15) is 5.82 Å². The first kappa shape index (κ1) is 9.68. The van der Waals surface area contributed by atoms with Gasteiger partial charge in [-0.1, -0.05) is 36.4 Å². The monoisotopic (exact) mass is 199 g/mol. The van der Waals surface area contributed by atoms with Gasteiger partial charge in [0.05, 0.1) is 6.04 Å². The summed E-state index contributed by atoms with van der Waals surface area (Å²) in [7, 11) is 0. The molecular formula is C12H13N3. The highest BCUT2D eigenvalue weighted by atomic mass is 14.8. The minimum atomic E-state index is -0.208. The Balaban J connectivity index is 2.37. The Labute approximate surface area is 88.8 Å². The number of aromatic nitrogens is 1. The molecule has 0 spiro atoms. The van der Waals surface area contributed by atoms with Crippen molar-refractivity contribution in [2.45, 2.75) is 6.04 Å². The van der Waals surface area contributed by atoms with Gasteiger partial charge in [-0.25, -0.2) is 4.98 Å². The molecule has 3 heteroatoms. The van der Waals surface area contributed by atoms with Crippen molar-refractivity contribution in [1.82, 2.24) is 4.98 Å². The molecule has 1 unspecified atom stereocenters. The van der Waals surface area contributed by atoms with Crippen molar-refractivity contribution in [3.8, 4) is 0 Å². The molecule has 0 bridgehead atoms. The van der Waals surface area contributed by atoms with Gasteiger partial charge in [0.15, 0.2) is 0 Å². The van der Waals surface area contributed by atoms with E-state index < -0.39 is 0 Å². The molecule has 0 saturated heterocycles. The smallest absolute Gasteiger partial charge is 0.128 e. The van der Waals surface area contributed by atoms with E-state index in [0.29, 0.717) is 5.82 Å². The van der Waals surface area contributed by atoms with Gasteiger partial charge in [-0.2, -0.15) is 0 Å². The second-order valence-corrected chi connectivity index (χ2v) is 3.37. The van der Waals surface area contributed by atoms with Gasteiger partial charge in [0, 0.05) is 11.8 Å². The van der Waals surface area contributed by atoms with Crippen LogP contribution < -0.4 is 11.5 Å². The SMILES string of the molecule is Nc1ncccc1C(N)c1ccccc1. The number of rotatable bonds is 2. The number of nitrogens with zero attached hydrogens (tertiary/aromatic N) is 1. The molecule has 0 aliphatic carbocycles. The zero-order chi connectivity index (χ0) is 10.7. The van der Waals surface area contributed by atoms with E-state index >= 15 is 0 Å². The van der Waals surface area contributed by atoms with Gasteiger partial charge in [-0.3, -0.25) is 0 Å². The predicted octanol–water partition coefficient (Wildman–Crippen LogP) is 1.71. The van der Waals surface area contributed by atoms with Crippen LogP contribution in [0.25, 0.3) is 0 Å². The predicted molar refractivity (Wildman–Crippen MR) is 61.1 cm³/mol. The normalized spacial score (nSPS) is 12.3. The van der Waals surface area contributed by atoms with Crippen molar-refractivity contribution in [1.29, 1.82) is 0 Å². The molecule has 0 aliphatic rings. The maximum Gasteiger partial charge on any atom is 0.128 e. The first-order chi connectivity index (χ1) is 7.29. The summed E-state index contributed by atoms with van der Waals surface area (Å²) in [5.41, 5.74) is 13.8. The highest BCUT2D eigenvalue weighted by Crippen LogP contribution is 2.22. The van der Waals surface area contributed by atoms with Gasteiger partial charge >= 0.3 is 0 Å². The lowest BCUT2D eigenvalue weighted by Crippen LogP contribution is -2.14. The standard InChI is InChI=1S/C12H13N3/c13-11(9-5-2-1-3-6-9)10-7-4-8-15-12(10)14/h1-8,11H,13H2,(H2,14,15). The minimum absolute atomic E-state index is 0.208. The average molecular weight is 199 g/mol. The summed E-state index contributed by atoms with van der Waals surface area (Å²) >= 11 is 0. The Hall–Kier alpha value is -1.87. The van der Waals surface area contributed by atoms with E-state index in [1.165, 1.54) is 0 Å². The fourth-order valence-corrected chi connectivity index (χ4v) is 1.53. The van der Waals surface area contributed by atoms with Gasteiger partial charge in [0.2, 0.25) is 0 Å². The molecule has 0 radical (unpaired) electrons. The first-order valence-corrected chi connectivity index (χ1v) is 4.80. The summed E-state index contributed by atoms with van der Waals surface area (Å²) in [6.07, 6.45) is 1.66. The van der Waals surface area contributed by atoms with Crippen LogP contribution >= 0.6 is 0 Å². The third kappa shape index (κ3) is 1.97. The van der Waals surface area contributed by atoms with Crippen LogP contribution in [0.4, 0.5) is 5.82 Å². The summed E-state index contributed by atoms with van der Waals surface area (Å²) < 4.78 is 0. The highest BCUT2D eigenvalue weighted by Gasteiger charge is 2.11. The molecule has 0 aliphatic heterocycles. The molecule has 15 heavy (non-hydrogen) atoms. The Morgan fingerprint density at radius 1 is 1.00 bits per heavy atom. The lowest BCUT2D eigenvalue weighted by Gasteiger charge is -2.13. The number of anilines is 1. The second kappa shape index (κ2) is 4.11. The van der Waals surface area contributed by atoms with Gasteiger partial charge in [-0.15, -0.1) is 0 Å². The molecule has 1 aromatic carbocycles. The average Bonchev–Trinajstić information content (AvgIpc) is 2.30. The van der Waals surface area contributed by atoms with E-state index in [1.807, 2.05) is 42.5 Å².